The number of hydrogen-bond acceptors (Lipinski definition) is 5. The third-order valence-corrected chi connectivity index (χ3v) is 5.25. The van der Waals surface area contributed by atoms with Gasteiger partial charge in [-0.15, -0.1) is 0 Å². The van der Waals surface area contributed by atoms with Gasteiger partial charge in [0.1, 0.15) is 6.04 Å². The van der Waals surface area contributed by atoms with Crippen molar-refractivity contribution in [2.75, 3.05) is 25.2 Å². The summed E-state index contributed by atoms with van der Waals surface area (Å²) in [6, 6.07) is 9.90. The molecular formula is C23H26ClNO5. The van der Waals surface area contributed by atoms with Crippen LogP contribution in [0, 0.1) is 0 Å². The van der Waals surface area contributed by atoms with Gasteiger partial charge in [0.05, 0.1) is 25.3 Å². The Morgan fingerprint density at radius 2 is 1.93 bits per heavy atom. The molecule has 0 radical (unpaired) electrons. The van der Waals surface area contributed by atoms with Crippen LogP contribution in [0.15, 0.2) is 36.4 Å². The Labute approximate surface area is 181 Å². The summed E-state index contributed by atoms with van der Waals surface area (Å²) in [5, 5.41) is 0.294. The molecule has 7 heteroatoms. The van der Waals surface area contributed by atoms with E-state index in [1.165, 1.54) is 12.0 Å². The van der Waals surface area contributed by atoms with Crippen molar-refractivity contribution in [3.63, 3.8) is 0 Å². The lowest BCUT2D eigenvalue weighted by Crippen LogP contribution is -2.43. The van der Waals surface area contributed by atoms with E-state index in [4.69, 9.17) is 25.8 Å². The molecule has 30 heavy (non-hydrogen) atoms. The van der Waals surface area contributed by atoms with Crippen molar-refractivity contribution < 1.29 is 23.8 Å². The maximum absolute atomic E-state index is 13.5. The minimum atomic E-state index is -0.727. The Hall–Kier alpha value is -2.73. The van der Waals surface area contributed by atoms with Crippen molar-refractivity contribution in [1.29, 1.82) is 0 Å². The number of unbranched alkanes of at least 4 members (excludes halogenated alkanes) is 1. The number of carbonyl (C=O) groups is 2. The topological polar surface area (TPSA) is 65.1 Å². The summed E-state index contributed by atoms with van der Waals surface area (Å²) in [6.07, 6.45) is 2.27. The molecule has 160 valence electrons. The zero-order valence-corrected chi connectivity index (χ0v) is 18.2. The normalized spacial score (nSPS) is 14.9. The standard InChI is InChI=1S/C23H26ClNO5/c1-4-6-11-30-21-17(24)12-16(14-20(21)29-5-2)22(26)25-18-10-8-7-9-15(18)13-19(25)23(27)28-3/h7-10,12,14,19H,4-6,11,13H2,1-3H3. The number of rotatable bonds is 8. The van der Waals surface area contributed by atoms with Crippen molar-refractivity contribution in [2.24, 2.45) is 0 Å². The number of carbonyl (C=O) groups excluding carboxylic acids is 2. The largest absolute Gasteiger partial charge is 0.490 e. The first-order valence-corrected chi connectivity index (χ1v) is 10.5. The molecular weight excluding hydrogens is 406 g/mol. The van der Waals surface area contributed by atoms with Crippen molar-refractivity contribution in [3.8, 4) is 11.5 Å². The first-order chi connectivity index (χ1) is 14.5. The predicted octanol–water partition coefficient (Wildman–Crippen LogP) is 4.66. The number of ether oxygens (including phenoxy) is 3. The number of anilines is 1. The fourth-order valence-electron chi connectivity index (χ4n) is 3.51. The third kappa shape index (κ3) is 4.38. The molecule has 1 aliphatic rings. The van der Waals surface area contributed by atoms with E-state index < -0.39 is 12.0 Å². The van der Waals surface area contributed by atoms with Crippen LogP contribution < -0.4 is 14.4 Å². The summed E-state index contributed by atoms with van der Waals surface area (Å²) < 4.78 is 16.4. The molecule has 0 fully saturated rings. The van der Waals surface area contributed by atoms with Crippen LogP contribution in [0.25, 0.3) is 0 Å². The summed E-state index contributed by atoms with van der Waals surface area (Å²) in [4.78, 5) is 27.3. The fourth-order valence-corrected chi connectivity index (χ4v) is 3.78. The van der Waals surface area contributed by atoms with Crippen LogP contribution >= 0.6 is 11.6 Å². The van der Waals surface area contributed by atoms with Crippen molar-refractivity contribution >= 4 is 29.2 Å². The number of benzene rings is 2. The molecule has 0 N–H and O–H groups in total. The fraction of sp³-hybridized carbons (Fsp3) is 0.391. The summed E-state index contributed by atoms with van der Waals surface area (Å²) in [5.74, 6) is 0.0231. The number of methoxy groups -OCH3 is 1. The maximum Gasteiger partial charge on any atom is 0.329 e. The molecule has 1 atom stereocenters. The molecule has 0 saturated heterocycles. The number of fused-ring (bicyclic) bond motifs is 1. The average Bonchev–Trinajstić information content (AvgIpc) is 3.14. The Balaban J connectivity index is 1.99. The van der Waals surface area contributed by atoms with Gasteiger partial charge in [0.25, 0.3) is 5.91 Å². The second-order valence-electron chi connectivity index (χ2n) is 6.97. The molecule has 3 rings (SSSR count). The van der Waals surface area contributed by atoms with E-state index in [0.29, 0.717) is 47.4 Å². The number of nitrogens with zero attached hydrogens (tertiary/aromatic N) is 1. The zero-order valence-electron chi connectivity index (χ0n) is 17.4. The number of hydrogen-bond donors (Lipinski definition) is 0. The van der Waals surface area contributed by atoms with Crippen LogP contribution in [0.1, 0.15) is 42.6 Å². The Morgan fingerprint density at radius 3 is 2.63 bits per heavy atom. The van der Waals surface area contributed by atoms with Crippen LogP contribution in [0.4, 0.5) is 5.69 Å². The van der Waals surface area contributed by atoms with Gasteiger partial charge >= 0.3 is 5.97 Å². The van der Waals surface area contributed by atoms with Gasteiger partial charge in [-0.05, 0) is 37.1 Å². The molecule has 1 aliphatic heterocycles. The van der Waals surface area contributed by atoms with Gasteiger partial charge in [0, 0.05) is 17.7 Å². The molecule has 0 saturated carbocycles. The quantitative estimate of drug-likeness (QED) is 0.449. The lowest BCUT2D eigenvalue weighted by atomic mass is 10.1. The average molecular weight is 432 g/mol. The van der Waals surface area contributed by atoms with Crippen LogP contribution in [0.3, 0.4) is 0 Å². The van der Waals surface area contributed by atoms with E-state index in [1.807, 2.05) is 31.2 Å². The molecule has 0 bridgehead atoms. The molecule has 1 amide bonds. The molecule has 0 aliphatic carbocycles. The number of esters is 1. The molecule has 1 heterocycles. The lowest BCUT2D eigenvalue weighted by Gasteiger charge is -2.24. The summed E-state index contributed by atoms with van der Waals surface area (Å²) in [5.41, 5.74) is 1.92. The highest BCUT2D eigenvalue weighted by molar-refractivity contribution is 6.33. The van der Waals surface area contributed by atoms with E-state index in [0.717, 1.165) is 18.4 Å². The minimum absolute atomic E-state index is 0.294. The van der Waals surface area contributed by atoms with Gasteiger partial charge in [-0.1, -0.05) is 43.1 Å². The highest BCUT2D eigenvalue weighted by atomic mass is 35.5. The Kier molecular flexibility index (Phi) is 7.21. The lowest BCUT2D eigenvalue weighted by molar-refractivity contribution is -0.141. The molecule has 0 spiro atoms. The van der Waals surface area contributed by atoms with Crippen molar-refractivity contribution in [2.45, 2.75) is 39.2 Å². The van der Waals surface area contributed by atoms with Crippen LogP contribution in [0.5, 0.6) is 11.5 Å². The second-order valence-corrected chi connectivity index (χ2v) is 7.37. The second kappa shape index (κ2) is 9.85. The zero-order chi connectivity index (χ0) is 21.7. The molecule has 6 nitrogen and oxygen atoms in total. The van der Waals surface area contributed by atoms with Crippen molar-refractivity contribution in [3.05, 3.63) is 52.5 Å². The number of amides is 1. The first kappa shape index (κ1) is 22.0. The first-order valence-electron chi connectivity index (χ1n) is 10.1. The van der Waals surface area contributed by atoms with E-state index in [9.17, 15) is 9.59 Å². The van der Waals surface area contributed by atoms with E-state index in [1.54, 1.807) is 12.1 Å². The molecule has 2 aromatic rings. The molecule has 0 aromatic heterocycles. The van der Waals surface area contributed by atoms with Crippen molar-refractivity contribution in [1.82, 2.24) is 0 Å². The van der Waals surface area contributed by atoms with Gasteiger partial charge in [0.15, 0.2) is 11.5 Å². The monoisotopic (exact) mass is 431 g/mol. The van der Waals surface area contributed by atoms with Gasteiger partial charge in [-0.2, -0.15) is 0 Å². The third-order valence-electron chi connectivity index (χ3n) is 4.97. The van der Waals surface area contributed by atoms with E-state index in [2.05, 4.69) is 6.92 Å². The maximum atomic E-state index is 13.5. The Morgan fingerprint density at radius 1 is 1.17 bits per heavy atom. The Bertz CT molecular complexity index is 930. The van der Waals surface area contributed by atoms with Gasteiger partial charge < -0.3 is 14.2 Å². The van der Waals surface area contributed by atoms with Gasteiger partial charge in [-0.3, -0.25) is 9.69 Å². The molecule has 1 unspecified atom stereocenters. The summed E-state index contributed by atoms with van der Waals surface area (Å²) >= 11 is 6.46. The van der Waals surface area contributed by atoms with Crippen LogP contribution in [-0.4, -0.2) is 38.2 Å². The smallest absolute Gasteiger partial charge is 0.329 e. The van der Waals surface area contributed by atoms with E-state index in [-0.39, 0.29) is 5.91 Å². The van der Waals surface area contributed by atoms with Gasteiger partial charge in [-0.25, -0.2) is 4.79 Å². The number of halogens is 1. The molecule has 2 aromatic carbocycles. The predicted molar refractivity (Wildman–Crippen MR) is 116 cm³/mol. The highest BCUT2D eigenvalue weighted by Crippen LogP contribution is 2.39. The van der Waals surface area contributed by atoms with Crippen LogP contribution in [-0.2, 0) is 16.0 Å². The highest BCUT2D eigenvalue weighted by Gasteiger charge is 2.39. The SMILES string of the molecule is CCCCOc1c(Cl)cc(C(=O)N2c3ccccc3CC2C(=O)OC)cc1OCC. The minimum Gasteiger partial charge on any atom is -0.490 e. The summed E-state index contributed by atoms with van der Waals surface area (Å²) in [6.45, 7) is 4.83. The summed E-state index contributed by atoms with van der Waals surface area (Å²) in [7, 11) is 1.32. The van der Waals surface area contributed by atoms with Gasteiger partial charge in [0.2, 0.25) is 0 Å². The number of para-hydroxylation sites is 1. The van der Waals surface area contributed by atoms with E-state index >= 15 is 0 Å². The van der Waals surface area contributed by atoms with Crippen LogP contribution in [0.2, 0.25) is 5.02 Å².